The van der Waals surface area contributed by atoms with Crippen LogP contribution in [0.15, 0.2) is 73.6 Å². The lowest BCUT2D eigenvalue weighted by Crippen LogP contribution is -1.97. The van der Waals surface area contributed by atoms with Crippen molar-refractivity contribution in [2.75, 3.05) is 0 Å². The van der Waals surface area contributed by atoms with Crippen molar-refractivity contribution in [1.82, 2.24) is 9.97 Å². The molecule has 0 spiro atoms. The van der Waals surface area contributed by atoms with Crippen LogP contribution in [0.4, 0.5) is 4.39 Å². The summed E-state index contributed by atoms with van der Waals surface area (Å²) in [7, 11) is 0. The molecule has 0 bridgehead atoms. The van der Waals surface area contributed by atoms with Gasteiger partial charge in [-0.1, -0.05) is 54.6 Å². The number of benzene rings is 2. The SMILES string of the molecule is C=CCc1ccc(-c2ccc(-c3ncc(/C=C/CCCC(C)O)cn3)cc2)c(F)c1. The van der Waals surface area contributed by atoms with Gasteiger partial charge in [-0.25, -0.2) is 14.4 Å². The zero-order valence-corrected chi connectivity index (χ0v) is 17.3. The van der Waals surface area contributed by atoms with Crippen molar-refractivity contribution in [2.24, 2.45) is 0 Å². The topological polar surface area (TPSA) is 46.0 Å². The van der Waals surface area contributed by atoms with Crippen LogP contribution in [0.3, 0.4) is 0 Å². The summed E-state index contributed by atoms with van der Waals surface area (Å²) in [6, 6.07) is 12.9. The third kappa shape index (κ3) is 5.94. The summed E-state index contributed by atoms with van der Waals surface area (Å²) < 4.78 is 14.4. The van der Waals surface area contributed by atoms with E-state index in [1.165, 1.54) is 0 Å². The first-order chi connectivity index (χ1) is 14.6. The summed E-state index contributed by atoms with van der Waals surface area (Å²) in [5.74, 6) is 0.401. The van der Waals surface area contributed by atoms with Gasteiger partial charge in [0.1, 0.15) is 5.82 Å². The van der Waals surface area contributed by atoms with Crippen molar-refractivity contribution in [3.8, 4) is 22.5 Å². The standard InChI is InChI=1S/C26H27FN2O/c1-3-7-20-10-15-24(25(27)16-20)22-11-13-23(14-12-22)26-28-17-21(18-29-26)9-6-4-5-8-19(2)30/h3,6,9-19,30H,1,4-5,7-8H2,2H3/b9-6+. The molecule has 3 nitrogen and oxygen atoms in total. The third-order valence-corrected chi connectivity index (χ3v) is 4.84. The van der Waals surface area contributed by atoms with Crippen LogP contribution in [-0.2, 0) is 6.42 Å². The first-order valence-electron chi connectivity index (χ1n) is 10.2. The molecule has 30 heavy (non-hydrogen) atoms. The fourth-order valence-corrected chi connectivity index (χ4v) is 3.21. The molecule has 0 radical (unpaired) electrons. The van der Waals surface area contributed by atoms with Crippen LogP contribution in [0.1, 0.15) is 37.3 Å². The molecule has 0 saturated carbocycles. The smallest absolute Gasteiger partial charge is 0.159 e. The van der Waals surface area contributed by atoms with E-state index in [1.807, 2.05) is 42.5 Å². The highest BCUT2D eigenvalue weighted by Crippen LogP contribution is 2.26. The molecule has 1 heterocycles. The number of halogens is 1. The normalized spacial score (nSPS) is 12.2. The van der Waals surface area contributed by atoms with Gasteiger partial charge in [-0.05, 0) is 49.8 Å². The lowest BCUT2D eigenvalue weighted by atomic mass is 10.0. The van der Waals surface area contributed by atoms with E-state index in [0.29, 0.717) is 17.8 Å². The van der Waals surface area contributed by atoms with E-state index < -0.39 is 0 Å². The lowest BCUT2D eigenvalue weighted by molar-refractivity contribution is 0.182. The number of aromatic nitrogens is 2. The van der Waals surface area contributed by atoms with Crippen LogP contribution in [0.2, 0.25) is 0 Å². The molecule has 3 aromatic rings. The monoisotopic (exact) mass is 402 g/mol. The van der Waals surface area contributed by atoms with E-state index in [0.717, 1.165) is 41.5 Å². The summed E-state index contributed by atoms with van der Waals surface area (Å²) in [5.41, 5.74) is 4.13. The maximum absolute atomic E-state index is 14.4. The Morgan fingerprint density at radius 2 is 1.77 bits per heavy atom. The Morgan fingerprint density at radius 1 is 1.07 bits per heavy atom. The Bertz CT molecular complexity index is 993. The van der Waals surface area contributed by atoms with E-state index in [1.54, 1.807) is 31.5 Å². The van der Waals surface area contributed by atoms with Gasteiger partial charge in [-0.2, -0.15) is 0 Å². The second-order valence-electron chi connectivity index (χ2n) is 7.41. The maximum atomic E-state index is 14.4. The third-order valence-electron chi connectivity index (χ3n) is 4.84. The molecule has 1 aromatic heterocycles. The summed E-state index contributed by atoms with van der Waals surface area (Å²) in [6.45, 7) is 5.50. The fraction of sp³-hybridized carbons (Fsp3) is 0.231. The Kier molecular flexibility index (Phi) is 7.63. The van der Waals surface area contributed by atoms with Crippen molar-refractivity contribution in [1.29, 1.82) is 0 Å². The molecule has 0 aliphatic heterocycles. The zero-order chi connectivity index (χ0) is 21.3. The number of rotatable bonds is 9. The van der Waals surface area contributed by atoms with Crippen molar-refractivity contribution in [2.45, 2.75) is 38.7 Å². The molecule has 1 N–H and O–H groups in total. The van der Waals surface area contributed by atoms with Gasteiger partial charge in [0, 0.05) is 29.1 Å². The van der Waals surface area contributed by atoms with Gasteiger partial charge in [0.05, 0.1) is 6.10 Å². The minimum atomic E-state index is -0.250. The molecule has 1 unspecified atom stereocenters. The largest absolute Gasteiger partial charge is 0.393 e. The average Bonchev–Trinajstić information content (AvgIpc) is 2.74. The maximum Gasteiger partial charge on any atom is 0.159 e. The molecule has 1 atom stereocenters. The molecular weight excluding hydrogens is 375 g/mol. The molecule has 0 saturated heterocycles. The van der Waals surface area contributed by atoms with Gasteiger partial charge in [-0.3, -0.25) is 0 Å². The fourth-order valence-electron chi connectivity index (χ4n) is 3.21. The Morgan fingerprint density at radius 3 is 2.40 bits per heavy atom. The first kappa shape index (κ1) is 21.6. The van der Waals surface area contributed by atoms with Gasteiger partial charge < -0.3 is 5.11 Å². The number of aliphatic hydroxyl groups excluding tert-OH is 1. The predicted octanol–water partition coefficient (Wildman–Crippen LogP) is 6.24. The van der Waals surface area contributed by atoms with Gasteiger partial charge in [0.25, 0.3) is 0 Å². The predicted molar refractivity (Wildman–Crippen MR) is 121 cm³/mol. The first-order valence-corrected chi connectivity index (χ1v) is 10.2. The highest BCUT2D eigenvalue weighted by Gasteiger charge is 2.07. The number of hydrogen-bond donors (Lipinski definition) is 1. The number of unbranched alkanes of at least 4 members (excludes halogenated alkanes) is 1. The van der Waals surface area contributed by atoms with Crippen LogP contribution in [0, 0.1) is 5.82 Å². The number of allylic oxidation sites excluding steroid dienone is 2. The van der Waals surface area contributed by atoms with Crippen molar-refractivity contribution in [3.63, 3.8) is 0 Å². The number of nitrogens with zero attached hydrogens (tertiary/aromatic N) is 2. The second-order valence-corrected chi connectivity index (χ2v) is 7.41. The highest BCUT2D eigenvalue weighted by molar-refractivity contribution is 5.68. The molecule has 2 aromatic carbocycles. The molecule has 4 heteroatoms. The van der Waals surface area contributed by atoms with Crippen LogP contribution in [-0.4, -0.2) is 21.2 Å². The molecular formula is C26H27FN2O. The van der Waals surface area contributed by atoms with Crippen LogP contribution >= 0.6 is 0 Å². The van der Waals surface area contributed by atoms with Gasteiger partial charge >= 0.3 is 0 Å². The summed E-state index contributed by atoms with van der Waals surface area (Å²) in [4.78, 5) is 8.88. The van der Waals surface area contributed by atoms with E-state index in [4.69, 9.17) is 0 Å². The van der Waals surface area contributed by atoms with Crippen molar-refractivity contribution < 1.29 is 9.50 Å². The molecule has 0 aliphatic rings. The Hall–Kier alpha value is -3.11. The van der Waals surface area contributed by atoms with E-state index in [9.17, 15) is 9.50 Å². The highest BCUT2D eigenvalue weighted by atomic mass is 19.1. The van der Waals surface area contributed by atoms with Crippen molar-refractivity contribution >= 4 is 6.08 Å². The molecule has 0 aliphatic carbocycles. The zero-order valence-electron chi connectivity index (χ0n) is 17.3. The summed E-state index contributed by atoms with van der Waals surface area (Å²) >= 11 is 0. The second kappa shape index (κ2) is 10.6. The molecule has 0 amide bonds. The van der Waals surface area contributed by atoms with Gasteiger partial charge in [0.2, 0.25) is 0 Å². The van der Waals surface area contributed by atoms with Gasteiger partial charge in [-0.15, -0.1) is 6.58 Å². The Labute approximate surface area is 177 Å². The summed E-state index contributed by atoms with van der Waals surface area (Å²) in [6.07, 6.45) is 12.5. The van der Waals surface area contributed by atoms with E-state index in [-0.39, 0.29) is 11.9 Å². The van der Waals surface area contributed by atoms with E-state index >= 15 is 0 Å². The minimum Gasteiger partial charge on any atom is -0.393 e. The minimum absolute atomic E-state index is 0.233. The average molecular weight is 403 g/mol. The molecule has 3 rings (SSSR count). The quantitative estimate of drug-likeness (QED) is 0.340. The van der Waals surface area contributed by atoms with Crippen molar-refractivity contribution in [3.05, 3.63) is 90.5 Å². The van der Waals surface area contributed by atoms with E-state index in [2.05, 4.69) is 22.6 Å². The number of hydrogen-bond acceptors (Lipinski definition) is 3. The summed E-state index contributed by atoms with van der Waals surface area (Å²) in [5, 5.41) is 9.27. The van der Waals surface area contributed by atoms with Crippen LogP contribution < -0.4 is 0 Å². The molecule has 0 fully saturated rings. The Balaban J connectivity index is 1.66. The molecule has 154 valence electrons. The van der Waals surface area contributed by atoms with Crippen LogP contribution in [0.25, 0.3) is 28.6 Å². The number of aliphatic hydroxyl groups is 1. The van der Waals surface area contributed by atoms with Crippen LogP contribution in [0.5, 0.6) is 0 Å². The van der Waals surface area contributed by atoms with Gasteiger partial charge in [0.15, 0.2) is 5.82 Å². The lowest BCUT2D eigenvalue weighted by Gasteiger charge is -2.07.